The average Bonchev–Trinajstić information content (AvgIpc) is 2.30. The van der Waals surface area contributed by atoms with Gasteiger partial charge in [-0.1, -0.05) is 18.5 Å². The van der Waals surface area contributed by atoms with Crippen molar-refractivity contribution in [3.63, 3.8) is 0 Å². The van der Waals surface area contributed by atoms with Gasteiger partial charge in [-0.2, -0.15) is 0 Å². The first kappa shape index (κ1) is 10.8. The average molecular weight is 225 g/mol. The van der Waals surface area contributed by atoms with E-state index >= 15 is 0 Å². The number of hydrogen-bond acceptors (Lipinski definition) is 2. The molecule has 0 aromatic heterocycles. The van der Waals surface area contributed by atoms with Crippen LogP contribution < -0.4 is 4.90 Å². The van der Waals surface area contributed by atoms with Crippen LogP contribution in [0.15, 0.2) is 24.3 Å². The summed E-state index contributed by atoms with van der Waals surface area (Å²) in [5.41, 5.74) is 1.28. The van der Waals surface area contributed by atoms with Crippen molar-refractivity contribution in [2.45, 2.75) is 13.3 Å². The van der Waals surface area contributed by atoms with Gasteiger partial charge in [-0.25, -0.2) is 0 Å². The van der Waals surface area contributed by atoms with E-state index in [1.54, 1.807) is 0 Å². The van der Waals surface area contributed by atoms with Gasteiger partial charge in [0.1, 0.15) is 0 Å². The van der Waals surface area contributed by atoms with Gasteiger partial charge < -0.3 is 4.90 Å². The lowest BCUT2D eigenvalue weighted by Crippen LogP contribution is -2.44. The predicted molar refractivity (Wildman–Crippen MR) is 65.5 cm³/mol. The van der Waals surface area contributed by atoms with E-state index in [0.29, 0.717) is 0 Å². The summed E-state index contributed by atoms with van der Waals surface area (Å²) in [5.74, 6) is 0. The molecule has 0 N–H and O–H groups in total. The minimum Gasteiger partial charge on any atom is -0.358 e. The lowest BCUT2D eigenvalue weighted by atomic mass is 10.2. The molecule has 2 nitrogen and oxygen atoms in total. The number of nitrogens with zero attached hydrogens (tertiary/aromatic N) is 2. The summed E-state index contributed by atoms with van der Waals surface area (Å²) in [7, 11) is 0. The Hall–Kier alpha value is -0.730. The maximum absolute atomic E-state index is 5.88. The summed E-state index contributed by atoms with van der Waals surface area (Å²) >= 11 is 5.88. The van der Waals surface area contributed by atoms with Gasteiger partial charge in [0.25, 0.3) is 0 Å². The Balaban J connectivity index is 2.06. The molecular formula is C12H17ClN2. The van der Waals surface area contributed by atoms with Crippen LogP contribution in [-0.2, 0) is 0 Å². The summed E-state index contributed by atoms with van der Waals surface area (Å²) < 4.78 is 0. The number of hydrogen-bond donors (Lipinski definition) is 0. The molecule has 1 saturated heterocycles. The van der Waals surface area contributed by atoms with Gasteiger partial charge in [0.15, 0.2) is 0 Å². The third-order valence-corrected chi connectivity index (χ3v) is 3.16. The second-order valence-electron chi connectivity index (χ2n) is 3.95. The topological polar surface area (TPSA) is 6.48 Å². The highest BCUT2D eigenvalue weighted by molar-refractivity contribution is 6.30. The van der Waals surface area contributed by atoms with Crippen LogP contribution in [0.2, 0.25) is 5.02 Å². The molecule has 3 heteroatoms. The normalized spacial score (nSPS) is 18.1. The highest BCUT2D eigenvalue weighted by atomic mass is 35.5. The molecule has 0 spiro atoms. The van der Waals surface area contributed by atoms with Crippen molar-refractivity contribution in [1.82, 2.24) is 4.90 Å². The standard InChI is InChI=1S/C12H17ClN2/c1-2-14-8-3-9-15(10-14)12-6-4-11(13)5-7-12/h4-7H,2-3,8-10H2,1H3. The molecule has 1 aromatic carbocycles. The second-order valence-corrected chi connectivity index (χ2v) is 4.38. The SMILES string of the molecule is CCN1CCCN(c2ccc(Cl)cc2)C1. The van der Waals surface area contributed by atoms with Crippen LogP contribution >= 0.6 is 11.6 Å². The Kier molecular flexibility index (Phi) is 3.49. The molecule has 2 rings (SSSR count). The van der Waals surface area contributed by atoms with E-state index in [-0.39, 0.29) is 0 Å². The third-order valence-electron chi connectivity index (χ3n) is 2.91. The number of benzene rings is 1. The molecule has 0 bridgehead atoms. The second kappa shape index (κ2) is 4.86. The van der Waals surface area contributed by atoms with Gasteiger partial charge >= 0.3 is 0 Å². The molecule has 1 fully saturated rings. The lowest BCUT2D eigenvalue weighted by Gasteiger charge is -2.36. The lowest BCUT2D eigenvalue weighted by molar-refractivity contribution is 0.253. The van der Waals surface area contributed by atoms with E-state index in [0.717, 1.165) is 24.8 Å². The fourth-order valence-corrected chi connectivity index (χ4v) is 2.11. The van der Waals surface area contributed by atoms with E-state index in [2.05, 4.69) is 28.9 Å². The first-order chi connectivity index (χ1) is 7.29. The molecule has 0 saturated carbocycles. The summed E-state index contributed by atoms with van der Waals surface area (Å²) in [6.45, 7) is 6.76. The van der Waals surface area contributed by atoms with Crippen molar-refractivity contribution in [1.29, 1.82) is 0 Å². The Morgan fingerprint density at radius 2 is 1.93 bits per heavy atom. The predicted octanol–water partition coefficient (Wildman–Crippen LogP) is 2.83. The number of anilines is 1. The maximum Gasteiger partial charge on any atom is 0.0707 e. The van der Waals surface area contributed by atoms with E-state index in [1.165, 1.54) is 18.7 Å². The van der Waals surface area contributed by atoms with E-state index in [1.807, 2.05) is 12.1 Å². The molecule has 0 unspecified atom stereocenters. The van der Waals surface area contributed by atoms with Crippen molar-refractivity contribution >= 4 is 17.3 Å². The Bertz CT molecular complexity index is 310. The van der Waals surface area contributed by atoms with Crippen LogP contribution in [0.4, 0.5) is 5.69 Å². The molecule has 1 aliphatic heterocycles. The fraction of sp³-hybridized carbons (Fsp3) is 0.500. The van der Waals surface area contributed by atoms with Gasteiger partial charge in [0.2, 0.25) is 0 Å². The maximum atomic E-state index is 5.88. The highest BCUT2D eigenvalue weighted by Crippen LogP contribution is 2.20. The van der Waals surface area contributed by atoms with Crippen molar-refractivity contribution in [2.75, 3.05) is 31.2 Å². The van der Waals surface area contributed by atoms with Gasteiger partial charge in [0, 0.05) is 23.8 Å². The fourth-order valence-electron chi connectivity index (χ4n) is 1.99. The Morgan fingerprint density at radius 1 is 1.20 bits per heavy atom. The molecule has 15 heavy (non-hydrogen) atoms. The van der Waals surface area contributed by atoms with Crippen LogP contribution in [0.1, 0.15) is 13.3 Å². The molecule has 0 amide bonds. The van der Waals surface area contributed by atoms with E-state index < -0.39 is 0 Å². The first-order valence-electron chi connectivity index (χ1n) is 5.52. The quantitative estimate of drug-likeness (QED) is 0.762. The van der Waals surface area contributed by atoms with Crippen LogP contribution in [0, 0.1) is 0 Å². The van der Waals surface area contributed by atoms with Crippen LogP contribution in [-0.4, -0.2) is 31.2 Å². The number of rotatable bonds is 2. The van der Waals surface area contributed by atoms with Crippen molar-refractivity contribution in [3.05, 3.63) is 29.3 Å². The van der Waals surface area contributed by atoms with Crippen molar-refractivity contribution in [3.8, 4) is 0 Å². The zero-order valence-corrected chi connectivity index (χ0v) is 9.87. The molecule has 0 atom stereocenters. The minimum absolute atomic E-state index is 0.808. The van der Waals surface area contributed by atoms with Gasteiger partial charge in [-0.15, -0.1) is 0 Å². The summed E-state index contributed by atoms with van der Waals surface area (Å²) in [5, 5.41) is 0.808. The molecule has 1 aliphatic rings. The van der Waals surface area contributed by atoms with Crippen molar-refractivity contribution < 1.29 is 0 Å². The summed E-state index contributed by atoms with van der Waals surface area (Å²) in [6, 6.07) is 8.12. The van der Waals surface area contributed by atoms with Crippen LogP contribution in [0.25, 0.3) is 0 Å². The smallest absolute Gasteiger partial charge is 0.0707 e. The Morgan fingerprint density at radius 3 is 2.60 bits per heavy atom. The third kappa shape index (κ3) is 2.64. The zero-order valence-electron chi connectivity index (χ0n) is 9.12. The molecule has 82 valence electrons. The van der Waals surface area contributed by atoms with Crippen LogP contribution in [0.5, 0.6) is 0 Å². The molecule has 1 aromatic rings. The summed E-state index contributed by atoms with van der Waals surface area (Å²) in [6.07, 6.45) is 1.25. The van der Waals surface area contributed by atoms with Gasteiger partial charge in [-0.3, -0.25) is 4.90 Å². The molecule has 0 aliphatic carbocycles. The Labute approximate surface area is 96.4 Å². The monoisotopic (exact) mass is 224 g/mol. The zero-order chi connectivity index (χ0) is 10.7. The summed E-state index contributed by atoms with van der Waals surface area (Å²) in [4.78, 5) is 4.86. The van der Waals surface area contributed by atoms with E-state index in [4.69, 9.17) is 11.6 Å². The van der Waals surface area contributed by atoms with Crippen LogP contribution in [0.3, 0.4) is 0 Å². The van der Waals surface area contributed by atoms with Gasteiger partial charge in [0.05, 0.1) is 6.67 Å². The molecular weight excluding hydrogens is 208 g/mol. The number of halogens is 1. The molecule has 0 radical (unpaired) electrons. The molecule has 1 heterocycles. The minimum atomic E-state index is 0.808. The van der Waals surface area contributed by atoms with Crippen molar-refractivity contribution in [2.24, 2.45) is 0 Å². The first-order valence-corrected chi connectivity index (χ1v) is 5.90. The van der Waals surface area contributed by atoms with E-state index in [9.17, 15) is 0 Å². The van der Waals surface area contributed by atoms with Gasteiger partial charge in [-0.05, 0) is 37.2 Å². The highest BCUT2D eigenvalue weighted by Gasteiger charge is 2.15. The largest absolute Gasteiger partial charge is 0.358 e.